The van der Waals surface area contributed by atoms with Gasteiger partial charge in [0, 0.05) is 18.1 Å². The number of aromatic nitrogens is 2. The summed E-state index contributed by atoms with van der Waals surface area (Å²) in [6, 6.07) is 5.92. The lowest BCUT2D eigenvalue weighted by molar-refractivity contribution is 0.958. The molecule has 0 aliphatic rings. The summed E-state index contributed by atoms with van der Waals surface area (Å²) in [6.07, 6.45) is 3.78. The van der Waals surface area contributed by atoms with Crippen molar-refractivity contribution >= 4 is 11.6 Å². The fraction of sp³-hybridized carbons (Fsp3) is 0.182. The van der Waals surface area contributed by atoms with E-state index in [9.17, 15) is 0 Å². The van der Waals surface area contributed by atoms with Gasteiger partial charge in [0.05, 0.1) is 5.02 Å². The molecule has 0 atom stereocenters. The van der Waals surface area contributed by atoms with Crippen molar-refractivity contribution in [3.8, 4) is 5.82 Å². The molecule has 0 N–H and O–H groups in total. The molecule has 0 amide bonds. The summed E-state index contributed by atoms with van der Waals surface area (Å²) in [4.78, 5) is 4.31. The van der Waals surface area contributed by atoms with Crippen LogP contribution in [-0.4, -0.2) is 9.55 Å². The predicted molar refractivity (Wildman–Crippen MR) is 58.0 cm³/mol. The quantitative estimate of drug-likeness (QED) is 0.701. The van der Waals surface area contributed by atoms with Crippen molar-refractivity contribution in [3.05, 3.63) is 46.9 Å². The van der Waals surface area contributed by atoms with Gasteiger partial charge in [-0.1, -0.05) is 11.6 Å². The third-order valence-electron chi connectivity index (χ3n) is 2.14. The average Bonchev–Trinajstić information content (AvgIpc) is 2.52. The summed E-state index contributed by atoms with van der Waals surface area (Å²) in [6.45, 7) is 4.00. The first kappa shape index (κ1) is 9.28. The summed E-state index contributed by atoms with van der Waals surface area (Å²) in [5.41, 5.74) is 2.20. The van der Waals surface area contributed by atoms with E-state index in [2.05, 4.69) is 4.98 Å². The van der Waals surface area contributed by atoms with Crippen LogP contribution in [0, 0.1) is 13.8 Å². The lowest BCUT2D eigenvalue weighted by Crippen LogP contribution is -1.98. The second kappa shape index (κ2) is 3.46. The van der Waals surface area contributed by atoms with Gasteiger partial charge in [-0.25, -0.2) is 4.98 Å². The van der Waals surface area contributed by atoms with Crippen LogP contribution in [-0.2, 0) is 0 Å². The SMILES string of the molecule is Cc1cnc(-n2cccc2C)c(Cl)c1. The fourth-order valence-electron chi connectivity index (χ4n) is 1.41. The van der Waals surface area contributed by atoms with E-state index in [-0.39, 0.29) is 0 Å². The summed E-state index contributed by atoms with van der Waals surface area (Å²) < 4.78 is 1.97. The van der Waals surface area contributed by atoms with Gasteiger partial charge in [-0.15, -0.1) is 0 Å². The van der Waals surface area contributed by atoms with Gasteiger partial charge in [0.25, 0.3) is 0 Å². The molecule has 0 bridgehead atoms. The zero-order chi connectivity index (χ0) is 10.1. The summed E-state index contributed by atoms with van der Waals surface area (Å²) in [7, 11) is 0. The maximum atomic E-state index is 6.11. The molecule has 0 aliphatic heterocycles. The standard InChI is InChI=1S/C11H11ClN2/c1-8-6-10(12)11(13-7-8)14-5-3-4-9(14)2/h3-7H,1-2H3. The molecule has 0 spiro atoms. The molecule has 0 unspecified atom stereocenters. The van der Waals surface area contributed by atoms with Crippen LogP contribution in [0.15, 0.2) is 30.6 Å². The van der Waals surface area contributed by atoms with Gasteiger partial charge in [-0.05, 0) is 37.6 Å². The smallest absolute Gasteiger partial charge is 0.155 e. The molecule has 72 valence electrons. The normalized spacial score (nSPS) is 10.5. The van der Waals surface area contributed by atoms with Crippen molar-refractivity contribution < 1.29 is 0 Å². The first-order valence-electron chi connectivity index (χ1n) is 4.45. The zero-order valence-electron chi connectivity index (χ0n) is 8.16. The molecule has 2 aromatic heterocycles. The number of rotatable bonds is 1. The Kier molecular flexibility index (Phi) is 2.30. The van der Waals surface area contributed by atoms with Crippen LogP contribution in [0.5, 0.6) is 0 Å². The summed E-state index contributed by atoms with van der Waals surface area (Å²) in [5, 5.41) is 0.685. The summed E-state index contributed by atoms with van der Waals surface area (Å²) >= 11 is 6.11. The average molecular weight is 207 g/mol. The van der Waals surface area contributed by atoms with Crippen LogP contribution in [0.2, 0.25) is 5.02 Å². The molecular formula is C11H11ClN2. The molecule has 2 aromatic rings. The Hall–Kier alpha value is -1.28. The topological polar surface area (TPSA) is 17.8 Å². The van der Waals surface area contributed by atoms with Crippen molar-refractivity contribution in [2.24, 2.45) is 0 Å². The van der Waals surface area contributed by atoms with Crippen LogP contribution in [0.3, 0.4) is 0 Å². The molecule has 2 nitrogen and oxygen atoms in total. The number of hydrogen-bond acceptors (Lipinski definition) is 1. The molecule has 0 radical (unpaired) electrons. The number of hydrogen-bond donors (Lipinski definition) is 0. The molecule has 14 heavy (non-hydrogen) atoms. The van der Waals surface area contributed by atoms with Gasteiger partial charge in [-0.2, -0.15) is 0 Å². The maximum absolute atomic E-state index is 6.11. The Morgan fingerprint density at radius 1 is 1.36 bits per heavy atom. The highest BCUT2D eigenvalue weighted by molar-refractivity contribution is 6.32. The van der Waals surface area contributed by atoms with E-state index in [1.165, 1.54) is 0 Å². The van der Waals surface area contributed by atoms with E-state index < -0.39 is 0 Å². The van der Waals surface area contributed by atoms with E-state index >= 15 is 0 Å². The fourth-order valence-corrected chi connectivity index (χ4v) is 1.72. The molecular weight excluding hydrogens is 196 g/mol. The third-order valence-corrected chi connectivity index (χ3v) is 2.42. The van der Waals surface area contributed by atoms with E-state index in [1.54, 1.807) is 0 Å². The number of pyridine rings is 1. The highest BCUT2D eigenvalue weighted by Crippen LogP contribution is 2.20. The maximum Gasteiger partial charge on any atom is 0.155 e. The van der Waals surface area contributed by atoms with E-state index in [0.29, 0.717) is 5.02 Å². The Bertz CT molecular complexity index is 460. The van der Waals surface area contributed by atoms with E-state index in [0.717, 1.165) is 17.1 Å². The van der Waals surface area contributed by atoms with E-state index in [1.807, 2.05) is 49.0 Å². The van der Waals surface area contributed by atoms with Crippen LogP contribution >= 0.6 is 11.6 Å². The van der Waals surface area contributed by atoms with Gasteiger partial charge in [0.15, 0.2) is 5.82 Å². The number of nitrogens with zero attached hydrogens (tertiary/aromatic N) is 2. The number of aryl methyl sites for hydroxylation is 2. The van der Waals surface area contributed by atoms with Crippen LogP contribution < -0.4 is 0 Å². The van der Waals surface area contributed by atoms with Crippen molar-refractivity contribution in [3.63, 3.8) is 0 Å². The van der Waals surface area contributed by atoms with Crippen molar-refractivity contribution in [2.75, 3.05) is 0 Å². The van der Waals surface area contributed by atoms with Crippen molar-refractivity contribution in [1.82, 2.24) is 9.55 Å². The highest BCUT2D eigenvalue weighted by atomic mass is 35.5. The summed E-state index contributed by atoms with van der Waals surface area (Å²) in [5.74, 6) is 0.791. The minimum absolute atomic E-state index is 0.685. The minimum atomic E-state index is 0.685. The first-order chi connectivity index (χ1) is 6.68. The molecule has 0 aromatic carbocycles. The monoisotopic (exact) mass is 206 g/mol. The number of halogens is 1. The first-order valence-corrected chi connectivity index (χ1v) is 4.83. The molecule has 2 heterocycles. The lowest BCUT2D eigenvalue weighted by Gasteiger charge is -2.07. The molecule has 0 saturated carbocycles. The van der Waals surface area contributed by atoms with Crippen molar-refractivity contribution in [2.45, 2.75) is 13.8 Å². The van der Waals surface area contributed by atoms with Gasteiger partial charge in [0.1, 0.15) is 0 Å². The second-order valence-electron chi connectivity index (χ2n) is 3.34. The van der Waals surface area contributed by atoms with E-state index in [4.69, 9.17) is 11.6 Å². The molecule has 0 aliphatic carbocycles. The van der Waals surface area contributed by atoms with Gasteiger partial charge in [0.2, 0.25) is 0 Å². The Morgan fingerprint density at radius 2 is 2.14 bits per heavy atom. The lowest BCUT2D eigenvalue weighted by atomic mass is 10.3. The largest absolute Gasteiger partial charge is 0.305 e. The Morgan fingerprint density at radius 3 is 2.71 bits per heavy atom. The molecule has 0 saturated heterocycles. The van der Waals surface area contributed by atoms with Gasteiger partial charge < -0.3 is 4.57 Å². The van der Waals surface area contributed by atoms with Crippen molar-refractivity contribution in [1.29, 1.82) is 0 Å². The van der Waals surface area contributed by atoms with Crippen LogP contribution in [0.25, 0.3) is 5.82 Å². The molecule has 0 fully saturated rings. The highest BCUT2D eigenvalue weighted by Gasteiger charge is 2.05. The van der Waals surface area contributed by atoms with Crippen LogP contribution in [0.1, 0.15) is 11.3 Å². The second-order valence-corrected chi connectivity index (χ2v) is 3.74. The Balaban J connectivity index is 2.58. The predicted octanol–water partition coefficient (Wildman–Crippen LogP) is 3.14. The zero-order valence-corrected chi connectivity index (χ0v) is 8.92. The van der Waals surface area contributed by atoms with Gasteiger partial charge in [-0.3, -0.25) is 0 Å². The molecule has 2 rings (SSSR count). The Labute approximate surface area is 88.2 Å². The minimum Gasteiger partial charge on any atom is -0.305 e. The van der Waals surface area contributed by atoms with Crippen LogP contribution in [0.4, 0.5) is 0 Å². The van der Waals surface area contributed by atoms with Gasteiger partial charge >= 0.3 is 0 Å². The molecule has 3 heteroatoms. The third kappa shape index (κ3) is 1.53.